The fraction of sp³-hybridized carbons (Fsp3) is 0.571. The second-order valence-corrected chi connectivity index (χ2v) is 4.96. The predicted octanol–water partition coefficient (Wildman–Crippen LogP) is 3.13. The monoisotopic (exact) mass is 219 g/mol. The van der Waals surface area contributed by atoms with Crippen LogP contribution in [0.25, 0.3) is 0 Å². The van der Waals surface area contributed by atoms with Crippen LogP contribution in [0.2, 0.25) is 0 Å². The van der Waals surface area contributed by atoms with Crippen molar-refractivity contribution in [2.24, 2.45) is 0 Å². The molecular formula is C14H18FN. The lowest BCUT2D eigenvalue weighted by Gasteiger charge is -2.20. The molecule has 86 valence electrons. The third kappa shape index (κ3) is 1.65. The van der Waals surface area contributed by atoms with Crippen molar-refractivity contribution in [3.8, 4) is 0 Å². The van der Waals surface area contributed by atoms with Gasteiger partial charge in [-0.1, -0.05) is 12.1 Å². The molecule has 2 aliphatic rings. The Morgan fingerprint density at radius 2 is 2.00 bits per heavy atom. The van der Waals surface area contributed by atoms with E-state index in [-0.39, 0.29) is 11.9 Å². The van der Waals surface area contributed by atoms with Crippen LogP contribution >= 0.6 is 0 Å². The second-order valence-electron chi connectivity index (χ2n) is 4.96. The van der Waals surface area contributed by atoms with E-state index in [4.69, 9.17) is 0 Å². The maximum atomic E-state index is 14.4. The van der Waals surface area contributed by atoms with Crippen LogP contribution in [0.1, 0.15) is 48.4 Å². The minimum Gasteiger partial charge on any atom is -0.310 e. The number of halogens is 1. The molecule has 1 aromatic carbocycles. The first kappa shape index (κ1) is 10.3. The average Bonchev–Trinajstić information content (AvgIpc) is 2.83. The quantitative estimate of drug-likeness (QED) is 0.765. The summed E-state index contributed by atoms with van der Waals surface area (Å²) in [5, 5.41) is 3.38. The third-order valence-corrected chi connectivity index (χ3v) is 3.93. The topological polar surface area (TPSA) is 12.0 Å². The zero-order valence-electron chi connectivity index (χ0n) is 9.56. The summed E-state index contributed by atoms with van der Waals surface area (Å²) in [6, 6.07) is 4.40. The maximum Gasteiger partial charge on any atom is 0.131 e. The average molecular weight is 219 g/mol. The van der Waals surface area contributed by atoms with Gasteiger partial charge in [0.25, 0.3) is 0 Å². The van der Waals surface area contributed by atoms with Crippen molar-refractivity contribution in [3.63, 3.8) is 0 Å². The molecule has 1 fully saturated rings. The first-order chi connectivity index (χ1) is 7.86. The van der Waals surface area contributed by atoms with Crippen LogP contribution in [0.3, 0.4) is 0 Å². The Bertz CT molecular complexity index is 394. The first-order valence-corrected chi connectivity index (χ1v) is 6.40. The highest BCUT2D eigenvalue weighted by Crippen LogP contribution is 2.31. The fourth-order valence-electron chi connectivity index (χ4n) is 3.02. The molecule has 1 atom stereocenters. The molecule has 0 radical (unpaired) electrons. The number of hydrogen-bond donors (Lipinski definition) is 1. The van der Waals surface area contributed by atoms with Crippen LogP contribution in [0.15, 0.2) is 12.1 Å². The van der Waals surface area contributed by atoms with Crippen molar-refractivity contribution in [3.05, 3.63) is 34.6 Å². The van der Waals surface area contributed by atoms with E-state index < -0.39 is 0 Å². The largest absolute Gasteiger partial charge is 0.310 e. The van der Waals surface area contributed by atoms with Crippen molar-refractivity contribution in [1.29, 1.82) is 0 Å². The van der Waals surface area contributed by atoms with Crippen LogP contribution in [0.4, 0.5) is 4.39 Å². The molecule has 0 amide bonds. The third-order valence-electron chi connectivity index (χ3n) is 3.93. The van der Waals surface area contributed by atoms with Crippen LogP contribution in [-0.2, 0) is 12.8 Å². The molecule has 0 unspecified atom stereocenters. The Morgan fingerprint density at radius 3 is 2.81 bits per heavy atom. The molecule has 1 nitrogen and oxygen atoms in total. The molecule has 2 heteroatoms. The SMILES string of the molecule is Fc1c([C@H]2CCCN2)ccc2c1CCCC2. The predicted molar refractivity (Wildman–Crippen MR) is 63.0 cm³/mol. The van der Waals surface area contributed by atoms with Crippen molar-refractivity contribution < 1.29 is 4.39 Å². The van der Waals surface area contributed by atoms with E-state index in [1.807, 2.05) is 6.07 Å². The van der Waals surface area contributed by atoms with Crippen LogP contribution in [-0.4, -0.2) is 6.54 Å². The Morgan fingerprint density at radius 1 is 1.12 bits per heavy atom. The van der Waals surface area contributed by atoms with Gasteiger partial charge in [-0.15, -0.1) is 0 Å². The minimum absolute atomic E-state index is 0.0802. The lowest BCUT2D eigenvalue weighted by Crippen LogP contribution is -2.16. The minimum atomic E-state index is 0.0802. The number of aryl methyl sites for hydroxylation is 1. The van der Waals surface area contributed by atoms with Gasteiger partial charge in [0.2, 0.25) is 0 Å². The van der Waals surface area contributed by atoms with E-state index in [0.29, 0.717) is 0 Å². The van der Waals surface area contributed by atoms with Gasteiger partial charge >= 0.3 is 0 Å². The van der Waals surface area contributed by atoms with Gasteiger partial charge in [0.15, 0.2) is 0 Å². The highest BCUT2D eigenvalue weighted by atomic mass is 19.1. The van der Waals surface area contributed by atoms with E-state index in [2.05, 4.69) is 11.4 Å². The molecule has 1 N–H and O–H groups in total. The summed E-state index contributed by atoms with van der Waals surface area (Å²) in [6.45, 7) is 1.03. The van der Waals surface area contributed by atoms with Crippen LogP contribution in [0.5, 0.6) is 0 Å². The summed E-state index contributed by atoms with van der Waals surface area (Å²) < 4.78 is 14.4. The fourth-order valence-corrected chi connectivity index (χ4v) is 3.02. The van der Waals surface area contributed by atoms with Crippen molar-refractivity contribution in [2.75, 3.05) is 6.54 Å². The number of hydrogen-bond acceptors (Lipinski definition) is 1. The Balaban J connectivity index is 1.99. The van der Waals surface area contributed by atoms with Gasteiger partial charge in [-0.25, -0.2) is 4.39 Å². The van der Waals surface area contributed by atoms with Gasteiger partial charge in [-0.2, -0.15) is 0 Å². The molecule has 1 aliphatic heterocycles. The van der Waals surface area contributed by atoms with Gasteiger partial charge in [0.1, 0.15) is 5.82 Å². The highest BCUT2D eigenvalue weighted by molar-refractivity contribution is 5.37. The van der Waals surface area contributed by atoms with Gasteiger partial charge < -0.3 is 5.32 Å². The molecule has 0 spiro atoms. The molecule has 1 aromatic rings. The summed E-state index contributed by atoms with van der Waals surface area (Å²) >= 11 is 0. The smallest absolute Gasteiger partial charge is 0.131 e. The van der Waals surface area contributed by atoms with E-state index in [1.165, 1.54) is 18.4 Å². The molecule has 16 heavy (non-hydrogen) atoms. The molecule has 0 saturated carbocycles. The van der Waals surface area contributed by atoms with Gasteiger partial charge in [-0.05, 0) is 56.2 Å². The van der Waals surface area contributed by atoms with Crippen LogP contribution < -0.4 is 5.32 Å². The van der Waals surface area contributed by atoms with E-state index in [0.717, 1.165) is 43.4 Å². The van der Waals surface area contributed by atoms with E-state index in [1.54, 1.807) is 0 Å². The van der Waals surface area contributed by atoms with Gasteiger partial charge in [-0.3, -0.25) is 0 Å². The lowest BCUT2D eigenvalue weighted by molar-refractivity contribution is 0.532. The van der Waals surface area contributed by atoms with E-state index in [9.17, 15) is 4.39 Å². The Kier molecular flexibility index (Phi) is 2.68. The molecule has 1 heterocycles. The standard InChI is InChI=1S/C14H18FN/c15-14-11-5-2-1-4-10(11)7-8-12(14)13-6-3-9-16-13/h7-8,13,16H,1-6,9H2/t13-/m1/s1. The normalized spacial score (nSPS) is 24.4. The highest BCUT2D eigenvalue weighted by Gasteiger charge is 2.23. The molecular weight excluding hydrogens is 201 g/mol. The van der Waals surface area contributed by atoms with Crippen LogP contribution in [0, 0.1) is 5.82 Å². The molecule has 0 aromatic heterocycles. The number of benzene rings is 1. The lowest BCUT2D eigenvalue weighted by atomic mass is 9.88. The van der Waals surface area contributed by atoms with Gasteiger partial charge in [0, 0.05) is 11.6 Å². The zero-order chi connectivity index (χ0) is 11.0. The zero-order valence-corrected chi connectivity index (χ0v) is 9.56. The summed E-state index contributed by atoms with van der Waals surface area (Å²) in [7, 11) is 0. The summed E-state index contributed by atoms with van der Waals surface area (Å²) in [4.78, 5) is 0. The summed E-state index contributed by atoms with van der Waals surface area (Å²) in [5.74, 6) is 0.0802. The van der Waals surface area contributed by atoms with Crippen molar-refractivity contribution in [2.45, 2.75) is 44.6 Å². The Hall–Kier alpha value is -0.890. The van der Waals surface area contributed by atoms with E-state index >= 15 is 0 Å². The maximum absolute atomic E-state index is 14.4. The summed E-state index contributed by atoms with van der Waals surface area (Å²) in [5.41, 5.74) is 3.14. The number of nitrogens with one attached hydrogen (secondary N) is 1. The first-order valence-electron chi connectivity index (χ1n) is 6.40. The summed E-state index contributed by atoms with van der Waals surface area (Å²) in [6.07, 6.45) is 6.60. The molecule has 3 rings (SSSR count). The van der Waals surface area contributed by atoms with Gasteiger partial charge in [0.05, 0.1) is 0 Å². The van der Waals surface area contributed by atoms with Crippen molar-refractivity contribution >= 4 is 0 Å². The molecule has 1 saturated heterocycles. The number of rotatable bonds is 1. The molecule has 0 bridgehead atoms. The molecule has 1 aliphatic carbocycles. The van der Waals surface area contributed by atoms with Crippen molar-refractivity contribution in [1.82, 2.24) is 5.32 Å². The second kappa shape index (κ2) is 4.17. The Labute approximate surface area is 96.1 Å². The number of fused-ring (bicyclic) bond motifs is 1.